The summed E-state index contributed by atoms with van der Waals surface area (Å²) in [5.41, 5.74) is -0.834. The molecule has 0 unspecified atom stereocenters. The largest absolute Gasteiger partial charge is 0.444 e. The fourth-order valence-electron chi connectivity index (χ4n) is 3.32. The van der Waals surface area contributed by atoms with Crippen molar-refractivity contribution in [2.24, 2.45) is 5.41 Å². The predicted molar refractivity (Wildman–Crippen MR) is 71.7 cm³/mol. The fourth-order valence-corrected chi connectivity index (χ4v) is 3.32. The molecule has 0 spiro atoms. The maximum atomic E-state index is 12.0. The number of carbonyl (C=O) groups is 2. The zero-order valence-electron chi connectivity index (χ0n) is 12.7. The smallest absolute Gasteiger partial charge is 0.410 e. The number of rotatable bonds is 2. The molecule has 0 N–H and O–H groups in total. The van der Waals surface area contributed by atoms with Crippen LogP contribution in [0, 0.1) is 5.41 Å². The van der Waals surface area contributed by atoms with Gasteiger partial charge in [-0.05, 0) is 40.0 Å². The van der Waals surface area contributed by atoms with E-state index in [0.717, 1.165) is 19.3 Å². The lowest BCUT2D eigenvalue weighted by Gasteiger charge is -2.71. The van der Waals surface area contributed by atoms with Crippen molar-refractivity contribution >= 4 is 12.0 Å². The quantitative estimate of drug-likeness (QED) is 0.768. The number of hydrogen-bond donors (Lipinski definition) is 0. The van der Waals surface area contributed by atoms with Crippen LogP contribution in [0.25, 0.3) is 0 Å². The van der Waals surface area contributed by atoms with Crippen LogP contribution in [0.1, 0.15) is 40.0 Å². The summed E-state index contributed by atoms with van der Waals surface area (Å²) < 4.78 is 5.38. The first-order valence-electron chi connectivity index (χ1n) is 6.70. The molecule has 0 aliphatic heterocycles. The van der Waals surface area contributed by atoms with E-state index in [1.54, 1.807) is 30.9 Å². The monoisotopic (exact) mass is 268 g/mol. The van der Waals surface area contributed by atoms with Crippen molar-refractivity contribution in [3.8, 4) is 0 Å². The van der Waals surface area contributed by atoms with Crippen LogP contribution in [0.3, 0.4) is 0 Å². The van der Waals surface area contributed by atoms with Crippen LogP contribution in [0.2, 0.25) is 0 Å². The Morgan fingerprint density at radius 2 is 1.53 bits per heavy atom. The van der Waals surface area contributed by atoms with Crippen LogP contribution in [-0.2, 0) is 9.53 Å². The zero-order chi connectivity index (χ0) is 14.6. The molecule has 0 heterocycles. The summed E-state index contributed by atoms with van der Waals surface area (Å²) in [6.07, 6.45) is 2.02. The van der Waals surface area contributed by atoms with Crippen molar-refractivity contribution in [1.29, 1.82) is 0 Å². The minimum Gasteiger partial charge on any atom is -0.444 e. The molecule has 0 aromatic rings. The molecule has 5 nitrogen and oxygen atoms in total. The standard InChI is InChI=1S/C14H24N2O3/c1-12(2,3)19-11(18)16(6)14-7-13(8-14,9-14)10(17)15(4)5/h7-9H2,1-6H3. The Morgan fingerprint density at radius 3 is 1.89 bits per heavy atom. The summed E-state index contributed by atoms with van der Waals surface area (Å²) >= 11 is 0. The lowest BCUT2D eigenvalue weighted by Crippen LogP contribution is -2.78. The van der Waals surface area contributed by atoms with Gasteiger partial charge in [0.25, 0.3) is 0 Å². The molecule has 2 amide bonds. The second-order valence-corrected chi connectivity index (χ2v) is 7.27. The summed E-state index contributed by atoms with van der Waals surface area (Å²) in [7, 11) is 5.34. The van der Waals surface area contributed by atoms with Gasteiger partial charge >= 0.3 is 6.09 Å². The Labute approximate surface area is 114 Å². The highest BCUT2D eigenvalue weighted by Crippen LogP contribution is 2.70. The van der Waals surface area contributed by atoms with Crippen molar-refractivity contribution in [3.05, 3.63) is 0 Å². The number of amides is 2. The van der Waals surface area contributed by atoms with Crippen molar-refractivity contribution in [2.45, 2.75) is 51.2 Å². The van der Waals surface area contributed by atoms with Gasteiger partial charge in [-0.2, -0.15) is 0 Å². The first kappa shape index (κ1) is 14.2. The second-order valence-electron chi connectivity index (χ2n) is 7.27. The average Bonchev–Trinajstić information content (AvgIpc) is 2.09. The van der Waals surface area contributed by atoms with E-state index in [9.17, 15) is 9.59 Å². The van der Waals surface area contributed by atoms with Crippen LogP contribution in [0.4, 0.5) is 4.79 Å². The number of ether oxygens (including phenoxy) is 1. The van der Waals surface area contributed by atoms with E-state index in [1.165, 1.54) is 0 Å². The van der Waals surface area contributed by atoms with E-state index in [4.69, 9.17) is 4.74 Å². The molecule has 0 aromatic carbocycles. The highest BCUT2D eigenvalue weighted by molar-refractivity contribution is 5.87. The van der Waals surface area contributed by atoms with E-state index in [0.29, 0.717) is 0 Å². The Kier molecular flexibility index (Phi) is 2.88. The van der Waals surface area contributed by atoms with Gasteiger partial charge in [0.05, 0.1) is 5.41 Å². The SMILES string of the molecule is CN(C)C(=O)C12CC(N(C)C(=O)OC(C)(C)C)(C1)C2. The first-order chi connectivity index (χ1) is 8.51. The second kappa shape index (κ2) is 3.87. The maximum absolute atomic E-state index is 12.0. The zero-order valence-corrected chi connectivity index (χ0v) is 12.7. The Balaban J connectivity index is 1.94. The molecule has 0 aromatic heterocycles. The normalized spacial score (nSPS) is 31.9. The fraction of sp³-hybridized carbons (Fsp3) is 0.857. The van der Waals surface area contributed by atoms with Gasteiger partial charge in [-0.15, -0.1) is 0 Å². The molecule has 3 saturated carbocycles. The molecule has 3 rings (SSSR count). The maximum Gasteiger partial charge on any atom is 0.410 e. The highest BCUT2D eigenvalue weighted by atomic mass is 16.6. The van der Waals surface area contributed by atoms with E-state index in [-0.39, 0.29) is 23.0 Å². The van der Waals surface area contributed by atoms with Gasteiger partial charge in [0, 0.05) is 26.7 Å². The molecule has 0 saturated heterocycles. The third-order valence-electron chi connectivity index (χ3n) is 4.24. The van der Waals surface area contributed by atoms with Crippen molar-refractivity contribution in [1.82, 2.24) is 9.80 Å². The van der Waals surface area contributed by atoms with E-state index in [2.05, 4.69) is 0 Å². The van der Waals surface area contributed by atoms with Crippen LogP contribution >= 0.6 is 0 Å². The molecule has 0 atom stereocenters. The molecular formula is C14H24N2O3. The number of hydrogen-bond acceptors (Lipinski definition) is 3. The molecule has 19 heavy (non-hydrogen) atoms. The van der Waals surface area contributed by atoms with Gasteiger partial charge in [-0.3, -0.25) is 4.79 Å². The molecule has 3 fully saturated rings. The summed E-state index contributed by atoms with van der Waals surface area (Å²) in [4.78, 5) is 27.4. The third-order valence-corrected chi connectivity index (χ3v) is 4.24. The number of nitrogens with zero attached hydrogens (tertiary/aromatic N) is 2. The van der Waals surface area contributed by atoms with Crippen molar-refractivity contribution in [3.63, 3.8) is 0 Å². The molecule has 2 bridgehead atoms. The minimum absolute atomic E-state index is 0.145. The summed E-state index contributed by atoms with van der Waals surface area (Å²) in [6, 6.07) is 0. The predicted octanol–water partition coefficient (Wildman–Crippen LogP) is 1.86. The van der Waals surface area contributed by atoms with Gasteiger partial charge in [0.2, 0.25) is 5.91 Å². The lowest BCUT2D eigenvalue weighted by molar-refractivity contribution is -0.214. The van der Waals surface area contributed by atoms with Crippen molar-refractivity contribution in [2.75, 3.05) is 21.1 Å². The molecule has 108 valence electrons. The molecular weight excluding hydrogens is 244 g/mol. The van der Waals surface area contributed by atoms with Crippen LogP contribution in [0.15, 0.2) is 0 Å². The summed E-state index contributed by atoms with van der Waals surface area (Å²) in [5.74, 6) is 0.187. The van der Waals surface area contributed by atoms with E-state index >= 15 is 0 Å². The highest BCUT2D eigenvalue weighted by Gasteiger charge is 2.74. The molecule has 3 aliphatic carbocycles. The summed E-state index contributed by atoms with van der Waals surface area (Å²) in [6.45, 7) is 5.58. The van der Waals surface area contributed by atoms with E-state index < -0.39 is 5.60 Å². The molecule has 3 aliphatic rings. The number of carbonyl (C=O) groups excluding carboxylic acids is 2. The first-order valence-corrected chi connectivity index (χ1v) is 6.70. The van der Waals surface area contributed by atoms with Crippen molar-refractivity contribution < 1.29 is 14.3 Å². The Bertz CT molecular complexity index is 403. The summed E-state index contributed by atoms with van der Waals surface area (Å²) in [5, 5.41) is 0. The Hall–Kier alpha value is -1.26. The van der Waals surface area contributed by atoms with Gasteiger partial charge in [-0.1, -0.05) is 0 Å². The van der Waals surface area contributed by atoms with Gasteiger partial charge in [-0.25, -0.2) is 4.79 Å². The molecule has 0 radical (unpaired) electrons. The van der Waals surface area contributed by atoms with Gasteiger partial charge in [0.1, 0.15) is 5.60 Å². The van der Waals surface area contributed by atoms with Gasteiger partial charge < -0.3 is 14.5 Å². The average molecular weight is 268 g/mol. The van der Waals surface area contributed by atoms with E-state index in [1.807, 2.05) is 20.8 Å². The van der Waals surface area contributed by atoms with Crippen LogP contribution in [0.5, 0.6) is 0 Å². The third kappa shape index (κ3) is 2.09. The van der Waals surface area contributed by atoms with Crippen LogP contribution in [-0.4, -0.2) is 54.1 Å². The molecule has 5 heteroatoms. The van der Waals surface area contributed by atoms with Crippen LogP contribution < -0.4 is 0 Å². The topological polar surface area (TPSA) is 49.9 Å². The minimum atomic E-state index is -0.480. The Morgan fingerprint density at radius 1 is 1.05 bits per heavy atom. The lowest BCUT2D eigenvalue weighted by atomic mass is 9.38. The van der Waals surface area contributed by atoms with Gasteiger partial charge in [0.15, 0.2) is 0 Å².